The van der Waals surface area contributed by atoms with Crippen LogP contribution in [0.2, 0.25) is 0 Å². The molecule has 2 aromatic carbocycles. The molecule has 1 heterocycles. The number of benzene rings is 2. The summed E-state index contributed by atoms with van der Waals surface area (Å²) in [5, 5.41) is 19.0. The molecule has 0 atom stereocenters. The Balaban J connectivity index is 1.91. The molecule has 0 saturated carbocycles. The van der Waals surface area contributed by atoms with Crippen molar-refractivity contribution in [3.05, 3.63) is 65.1 Å². The van der Waals surface area contributed by atoms with Crippen LogP contribution in [-0.2, 0) is 11.3 Å². The lowest BCUT2D eigenvalue weighted by atomic mass is 10.1. The maximum atomic E-state index is 12.7. The summed E-state index contributed by atoms with van der Waals surface area (Å²) < 4.78 is 1.58. The summed E-state index contributed by atoms with van der Waals surface area (Å²) in [6, 6.07) is 12.5. The number of rotatable bonds is 3. The van der Waals surface area contributed by atoms with Crippen molar-refractivity contribution in [2.45, 2.75) is 6.54 Å². The minimum absolute atomic E-state index is 0.0432. The smallest absolute Gasteiger partial charge is 0.293 e. The highest BCUT2D eigenvalue weighted by Crippen LogP contribution is 2.36. The molecular weight excluding hydrogens is 578 g/mol. The third-order valence-electron chi connectivity index (χ3n) is 3.68. The predicted molar refractivity (Wildman–Crippen MR) is 116 cm³/mol. The van der Waals surface area contributed by atoms with E-state index in [0.717, 1.165) is 20.2 Å². The maximum Gasteiger partial charge on any atom is 0.293 e. The summed E-state index contributed by atoms with van der Waals surface area (Å²) in [6.45, 7) is 0.0432. The number of nitriles is 1. The average molecular weight is 588 g/mol. The Hall–Kier alpha value is -1.58. The zero-order valence-corrected chi connectivity index (χ0v) is 18.2. The lowest BCUT2D eigenvalue weighted by Gasteiger charge is -2.13. The lowest BCUT2D eigenvalue weighted by Crippen LogP contribution is -2.27. The molecule has 1 saturated heterocycles. The van der Waals surface area contributed by atoms with E-state index in [1.165, 1.54) is 6.08 Å². The summed E-state index contributed by atoms with van der Waals surface area (Å²) in [4.78, 5) is 26.3. The minimum Gasteiger partial charge on any atom is -0.506 e. The molecule has 8 heteroatoms. The Labute approximate surface area is 181 Å². The Morgan fingerprint density at radius 1 is 1.23 bits per heavy atom. The van der Waals surface area contributed by atoms with Crippen LogP contribution >= 0.6 is 56.9 Å². The van der Waals surface area contributed by atoms with Gasteiger partial charge >= 0.3 is 0 Å². The SMILES string of the molecule is N#Cc1ccccc1CN1C(=O)S/C(=C/c2cc(I)cc(I)c2O)C1=O. The highest BCUT2D eigenvalue weighted by Gasteiger charge is 2.35. The molecule has 5 nitrogen and oxygen atoms in total. The van der Waals surface area contributed by atoms with E-state index >= 15 is 0 Å². The second-order valence-electron chi connectivity index (χ2n) is 5.36. The predicted octanol–water partition coefficient (Wildman–Crippen LogP) is 4.71. The minimum atomic E-state index is -0.430. The van der Waals surface area contributed by atoms with Crippen molar-refractivity contribution in [1.82, 2.24) is 4.90 Å². The van der Waals surface area contributed by atoms with E-state index in [4.69, 9.17) is 5.26 Å². The highest BCUT2D eigenvalue weighted by atomic mass is 127. The summed E-state index contributed by atoms with van der Waals surface area (Å²) in [6.07, 6.45) is 1.53. The number of phenolic OH excluding ortho intramolecular Hbond substituents is 1. The number of aromatic hydroxyl groups is 1. The third kappa shape index (κ3) is 3.89. The van der Waals surface area contributed by atoms with Crippen LogP contribution in [0.5, 0.6) is 5.75 Å². The highest BCUT2D eigenvalue weighted by molar-refractivity contribution is 14.1. The molecule has 1 N–H and O–H groups in total. The largest absolute Gasteiger partial charge is 0.506 e. The number of carbonyl (C=O) groups is 2. The second kappa shape index (κ2) is 7.98. The molecule has 0 unspecified atom stereocenters. The molecule has 26 heavy (non-hydrogen) atoms. The molecule has 3 rings (SSSR count). The lowest BCUT2D eigenvalue weighted by molar-refractivity contribution is -0.123. The van der Waals surface area contributed by atoms with Crippen molar-refractivity contribution in [3.8, 4) is 11.8 Å². The van der Waals surface area contributed by atoms with Gasteiger partial charge in [-0.05, 0) is 86.8 Å². The number of hydrogen-bond acceptors (Lipinski definition) is 5. The summed E-state index contributed by atoms with van der Waals surface area (Å²) in [7, 11) is 0. The van der Waals surface area contributed by atoms with Gasteiger partial charge in [0.1, 0.15) is 5.75 Å². The molecule has 2 aromatic rings. The van der Waals surface area contributed by atoms with Crippen molar-refractivity contribution < 1.29 is 14.7 Å². The van der Waals surface area contributed by atoms with Gasteiger partial charge in [-0.1, -0.05) is 18.2 Å². The van der Waals surface area contributed by atoms with Gasteiger partial charge in [-0.2, -0.15) is 5.26 Å². The fraction of sp³-hybridized carbons (Fsp3) is 0.0556. The molecular formula is C18H10I2N2O3S. The normalized spacial score (nSPS) is 15.6. The first-order chi connectivity index (χ1) is 12.4. The summed E-state index contributed by atoms with van der Waals surface area (Å²) in [5.41, 5.74) is 1.54. The van der Waals surface area contributed by atoms with Crippen LogP contribution in [0.25, 0.3) is 6.08 Å². The number of thioether (sulfide) groups is 1. The van der Waals surface area contributed by atoms with E-state index < -0.39 is 11.1 Å². The van der Waals surface area contributed by atoms with Gasteiger partial charge in [0.25, 0.3) is 11.1 Å². The monoisotopic (exact) mass is 588 g/mol. The van der Waals surface area contributed by atoms with Crippen molar-refractivity contribution in [2.24, 2.45) is 0 Å². The molecule has 2 amide bonds. The number of amides is 2. The number of phenols is 1. The fourth-order valence-electron chi connectivity index (χ4n) is 2.41. The second-order valence-corrected chi connectivity index (χ2v) is 8.76. The first kappa shape index (κ1) is 19.2. The van der Waals surface area contributed by atoms with Gasteiger partial charge in [0.15, 0.2) is 0 Å². The van der Waals surface area contributed by atoms with Gasteiger partial charge < -0.3 is 5.11 Å². The van der Waals surface area contributed by atoms with Gasteiger partial charge in [-0.25, -0.2) is 0 Å². The van der Waals surface area contributed by atoms with E-state index in [1.807, 2.05) is 28.7 Å². The molecule has 0 spiro atoms. The fourth-order valence-corrected chi connectivity index (χ4v) is 5.13. The Kier molecular flexibility index (Phi) is 5.89. The number of hydrogen-bond donors (Lipinski definition) is 1. The van der Waals surface area contributed by atoms with Gasteiger partial charge in [0.2, 0.25) is 0 Å². The number of carbonyl (C=O) groups excluding carboxylic acids is 2. The standard InChI is InChI=1S/C18H10I2N2O3S/c19-13-5-12(16(23)14(20)7-13)6-15-17(24)22(18(25)26-15)9-11-4-2-1-3-10(11)8-21/h1-7,23H,9H2/b15-6+. The Morgan fingerprint density at radius 3 is 2.69 bits per heavy atom. The first-order valence-corrected chi connectivity index (χ1v) is 10.3. The number of nitrogens with zero attached hydrogens (tertiary/aromatic N) is 2. The van der Waals surface area contributed by atoms with E-state index in [0.29, 0.717) is 20.3 Å². The molecule has 0 aromatic heterocycles. The molecule has 130 valence electrons. The summed E-state index contributed by atoms with van der Waals surface area (Å²) in [5.74, 6) is -0.353. The van der Waals surface area contributed by atoms with Gasteiger partial charge in [0.05, 0.1) is 26.7 Å². The number of halogens is 2. The molecule has 0 radical (unpaired) electrons. The summed E-state index contributed by atoms with van der Waals surface area (Å²) >= 11 is 4.97. The maximum absolute atomic E-state index is 12.7. The molecule has 0 aliphatic carbocycles. The number of imide groups is 1. The Morgan fingerprint density at radius 2 is 1.96 bits per heavy atom. The van der Waals surface area contributed by atoms with E-state index in [-0.39, 0.29) is 17.2 Å². The first-order valence-electron chi connectivity index (χ1n) is 7.32. The van der Waals surface area contributed by atoms with Crippen molar-refractivity contribution >= 4 is 74.2 Å². The molecule has 0 bridgehead atoms. The van der Waals surface area contributed by atoms with Crippen LogP contribution in [0.15, 0.2) is 41.3 Å². The zero-order valence-electron chi connectivity index (χ0n) is 13.1. The van der Waals surface area contributed by atoms with E-state index in [1.54, 1.807) is 30.3 Å². The Bertz CT molecular complexity index is 998. The third-order valence-corrected chi connectivity index (χ3v) is 6.04. The van der Waals surface area contributed by atoms with Crippen LogP contribution in [0.4, 0.5) is 4.79 Å². The molecule has 1 fully saturated rings. The van der Waals surface area contributed by atoms with Gasteiger partial charge in [-0.15, -0.1) is 0 Å². The van der Waals surface area contributed by atoms with Crippen molar-refractivity contribution in [2.75, 3.05) is 0 Å². The zero-order chi connectivity index (χ0) is 18.8. The van der Waals surface area contributed by atoms with Gasteiger partial charge in [0, 0.05) is 9.13 Å². The van der Waals surface area contributed by atoms with Crippen LogP contribution in [0.3, 0.4) is 0 Å². The van der Waals surface area contributed by atoms with Crippen LogP contribution in [-0.4, -0.2) is 21.2 Å². The van der Waals surface area contributed by atoms with Crippen molar-refractivity contribution in [3.63, 3.8) is 0 Å². The van der Waals surface area contributed by atoms with Crippen LogP contribution < -0.4 is 0 Å². The average Bonchev–Trinajstić information content (AvgIpc) is 2.87. The van der Waals surface area contributed by atoms with Crippen LogP contribution in [0.1, 0.15) is 16.7 Å². The van der Waals surface area contributed by atoms with Crippen LogP contribution in [0, 0.1) is 18.5 Å². The topological polar surface area (TPSA) is 81.4 Å². The van der Waals surface area contributed by atoms with E-state index in [2.05, 4.69) is 28.7 Å². The van der Waals surface area contributed by atoms with Crippen molar-refractivity contribution in [1.29, 1.82) is 5.26 Å². The van der Waals surface area contributed by atoms with Gasteiger partial charge in [-0.3, -0.25) is 14.5 Å². The molecule has 1 aliphatic rings. The van der Waals surface area contributed by atoms with E-state index in [9.17, 15) is 14.7 Å². The molecule has 1 aliphatic heterocycles. The quantitative estimate of drug-likeness (QED) is 0.416.